The summed E-state index contributed by atoms with van der Waals surface area (Å²) in [7, 11) is 0. The van der Waals surface area contributed by atoms with Crippen LogP contribution in [-0.4, -0.2) is 29.7 Å². The molecule has 2 fully saturated rings. The Morgan fingerprint density at radius 1 is 1.17 bits per heavy atom. The van der Waals surface area contributed by atoms with Gasteiger partial charge in [-0.3, -0.25) is 9.59 Å². The average Bonchev–Trinajstić information content (AvgIpc) is 2.61. The molecule has 0 radical (unpaired) electrons. The second-order valence-corrected chi connectivity index (χ2v) is 6.62. The summed E-state index contributed by atoms with van der Waals surface area (Å²) in [6.45, 7) is 11.8. The molecule has 3 nitrogen and oxygen atoms in total. The van der Waals surface area contributed by atoms with Crippen LogP contribution < -0.4 is 0 Å². The number of ketones is 1. The van der Waals surface area contributed by atoms with Crippen molar-refractivity contribution in [3.8, 4) is 0 Å². The number of carbonyl (C=O) groups is 2. The second-order valence-electron chi connectivity index (χ2n) is 6.62. The Hall–Kier alpha value is -0.860. The summed E-state index contributed by atoms with van der Waals surface area (Å²) in [6.07, 6.45) is 2.19. The normalized spacial score (nSPS) is 37.1. The Balaban J connectivity index is 2.44. The highest BCUT2D eigenvalue weighted by molar-refractivity contribution is 5.99. The number of hydrogen-bond acceptors (Lipinski definition) is 2. The van der Waals surface area contributed by atoms with Crippen LogP contribution in [0, 0.1) is 16.2 Å². The van der Waals surface area contributed by atoms with Crippen molar-refractivity contribution >= 4 is 11.7 Å². The van der Waals surface area contributed by atoms with Crippen LogP contribution in [0.3, 0.4) is 0 Å². The van der Waals surface area contributed by atoms with Gasteiger partial charge in [0.2, 0.25) is 5.91 Å². The summed E-state index contributed by atoms with van der Waals surface area (Å²) < 4.78 is 0. The van der Waals surface area contributed by atoms with Crippen LogP contribution in [0.5, 0.6) is 0 Å². The fourth-order valence-corrected chi connectivity index (χ4v) is 4.15. The van der Waals surface area contributed by atoms with Gasteiger partial charge in [0.15, 0.2) is 0 Å². The zero-order valence-electron chi connectivity index (χ0n) is 12.3. The van der Waals surface area contributed by atoms with Crippen LogP contribution >= 0.6 is 0 Å². The minimum absolute atomic E-state index is 0.201. The topological polar surface area (TPSA) is 37.4 Å². The van der Waals surface area contributed by atoms with Gasteiger partial charge in [0.05, 0.1) is 5.41 Å². The van der Waals surface area contributed by atoms with Crippen molar-refractivity contribution in [2.24, 2.45) is 16.2 Å². The molecule has 1 amide bonds. The fourth-order valence-electron chi connectivity index (χ4n) is 4.15. The molecular weight excluding hydrogens is 226 g/mol. The standard InChI is InChI=1S/C15H25NO2/c1-6-16(7-2)12(18)15-9-8-14(5,11(17)10-15)13(15,3)4/h6-10H2,1-5H3. The Labute approximate surface area is 110 Å². The van der Waals surface area contributed by atoms with E-state index in [0.717, 1.165) is 25.9 Å². The minimum Gasteiger partial charge on any atom is -0.343 e. The summed E-state index contributed by atoms with van der Waals surface area (Å²) in [5.74, 6) is 0.492. The Morgan fingerprint density at radius 2 is 1.72 bits per heavy atom. The lowest BCUT2D eigenvalue weighted by molar-refractivity contribution is -0.147. The number of rotatable bonds is 3. The van der Waals surface area contributed by atoms with Crippen LogP contribution in [0.2, 0.25) is 0 Å². The molecule has 0 heterocycles. The first-order chi connectivity index (χ1) is 8.27. The molecule has 0 aromatic rings. The predicted octanol–water partition coefficient (Wildman–Crippen LogP) is 2.64. The first-order valence-corrected chi connectivity index (χ1v) is 7.09. The zero-order chi connectivity index (χ0) is 13.8. The highest BCUT2D eigenvalue weighted by atomic mass is 16.2. The van der Waals surface area contributed by atoms with E-state index in [-0.39, 0.29) is 16.7 Å². The van der Waals surface area contributed by atoms with E-state index >= 15 is 0 Å². The number of carbonyl (C=O) groups excluding carboxylic acids is 2. The molecule has 2 aliphatic carbocycles. The third-order valence-corrected chi connectivity index (χ3v) is 6.17. The smallest absolute Gasteiger partial charge is 0.229 e. The van der Waals surface area contributed by atoms with Crippen molar-refractivity contribution in [3.05, 3.63) is 0 Å². The number of fused-ring (bicyclic) bond motifs is 2. The third kappa shape index (κ3) is 1.25. The van der Waals surface area contributed by atoms with Crippen molar-refractivity contribution in [2.45, 2.75) is 53.9 Å². The first-order valence-electron chi connectivity index (χ1n) is 7.09. The highest BCUT2D eigenvalue weighted by Gasteiger charge is 2.72. The molecule has 0 aliphatic heterocycles. The molecule has 102 valence electrons. The van der Waals surface area contributed by atoms with Gasteiger partial charge in [0, 0.05) is 24.9 Å². The summed E-state index contributed by atoms with van der Waals surface area (Å²) in [4.78, 5) is 27.1. The van der Waals surface area contributed by atoms with Crippen molar-refractivity contribution in [1.29, 1.82) is 0 Å². The van der Waals surface area contributed by atoms with E-state index in [2.05, 4.69) is 20.8 Å². The second kappa shape index (κ2) is 3.82. The molecule has 0 aromatic carbocycles. The minimum atomic E-state index is -0.440. The predicted molar refractivity (Wildman–Crippen MR) is 71.1 cm³/mol. The van der Waals surface area contributed by atoms with Gasteiger partial charge in [0.25, 0.3) is 0 Å². The molecule has 18 heavy (non-hydrogen) atoms. The van der Waals surface area contributed by atoms with Crippen molar-refractivity contribution in [2.75, 3.05) is 13.1 Å². The van der Waals surface area contributed by atoms with E-state index in [9.17, 15) is 9.59 Å². The van der Waals surface area contributed by atoms with E-state index in [4.69, 9.17) is 0 Å². The SMILES string of the molecule is CCN(CC)C(=O)C12CCC(C)(C(=O)C1)C2(C)C. The van der Waals surface area contributed by atoms with Crippen LogP contribution in [0.25, 0.3) is 0 Å². The van der Waals surface area contributed by atoms with Gasteiger partial charge in [-0.25, -0.2) is 0 Å². The van der Waals surface area contributed by atoms with Crippen LogP contribution in [0.4, 0.5) is 0 Å². The maximum Gasteiger partial charge on any atom is 0.229 e. The quantitative estimate of drug-likeness (QED) is 0.773. The van der Waals surface area contributed by atoms with Crippen LogP contribution in [0.15, 0.2) is 0 Å². The fraction of sp³-hybridized carbons (Fsp3) is 0.867. The summed E-state index contributed by atoms with van der Waals surface area (Å²) >= 11 is 0. The lowest BCUT2D eigenvalue weighted by Crippen LogP contribution is -2.48. The molecule has 2 aliphatic rings. The molecule has 0 spiro atoms. The summed E-state index contributed by atoms with van der Waals surface area (Å²) in [5, 5.41) is 0. The van der Waals surface area contributed by atoms with Gasteiger partial charge < -0.3 is 4.90 Å². The van der Waals surface area contributed by atoms with Gasteiger partial charge in [-0.2, -0.15) is 0 Å². The molecule has 2 rings (SSSR count). The maximum atomic E-state index is 12.9. The van der Waals surface area contributed by atoms with Crippen molar-refractivity contribution in [3.63, 3.8) is 0 Å². The van der Waals surface area contributed by atoms with Gasteiger partial charge >= 0.3 is 0 Å². The largest absolute Gasteiger partial charge is 0.343 e. The van der Waals surface area contributed by atoms with Gasteiger partial charge in [-0.1, -0.05) is 20.8 Å². The molecule has 2 unspecified atom stereocenters. The van der Waals surface area contributed by atoms with E-state index in [1.807, 2.05) is 18.7 Å². The molecule has 0 aromatic heterocycles. The Kier molecular flexibility index (Phi) is 2.88. The zero-order valence-corrected chi connectivity index (χ0v) is 12.3. The van der Waals surface area contributed by atoms with E-state index in [1.165, 1.54) is 0 Å². The highest BCUT2D eigenvalue weighted by Crippen LogP contribution is 2.70. The molecular formula is C15H25NO2. The van der Waals surface area contributed by atoms with E-state index < -0.39 is 5.41 Å². The van der Waals surface area contributed by atoms with E-state index in [1.54, 1.807) is 0 Å². The molecule has 3 heteroatoms. The molecule has 0 saturated heterocycles. The molecule has 0 N–H and O–H groups in total. The number of nitrogens with zero attached hydrogens (tertiary/aromatic N) is 1. The number of hydrogen-bond donors (Lipinski definition) is 0. The summed E-state index contributed by atoms with van der Waals surface area (Å²) in [6, 6.07) is 0. The molecule has 2 saturated carbocycles. The Bertz CT molecular complexity index is 397. The monoisotopic (exact) mass is 251 g/mol. The van der Waals surface area contributed by atoms with Gasteiger partial charge in [-0.05, 0) is 32.1 Å². The van der Waals surface area contributed by atoms with E-state index in [0.29, 0.717) is 12.2 Å². The Morgan fingerprint density at radius 3 is 2.06 bits per heavy atom. The lowest BCUT2D eigenvalue weighted by Gasteiger charge is -2.41. The molecule has 2 atom stereocenters. The van der Waals surface area contributed by atoms with Gasteiger partial charge in [-0.15, -0.1) is 0 Å². The van der Waals surface area contributed by atoms with Crippen molar-refractivity contribution in [1.82, 2.24) is 4.90 Å². The van der Waals surface area contributed by atoms with Crippen LogP contribution in [0.1, 0.15) is 53.9 Å². The number of amides is 1. The lowest BCUT2D eigenvalue weighted by atomic mass is 9.64. The first kappa shape index (κ1) is 13.6. The van der Waals surface area contributed by atoms with Crippen LogP contribution in [-0.2, 0) is 9.59 Å². The molecule has 2 bridgehead atoms. The van der Waals surface area contributed by atoms with Crippen molar-refractivity contribution < 1.29 is 9.59 Å². The third-order valence-electron chi connectivity index (χ3n) is 6.17. The summed E-state index contributed by atoms with van der Waals surface area (Å²) in [5.41, 5.74) is -0.947. The van der Waals surface area contributed by atoms with Gasteiger partial charge in [0.1, 0.15) is 5.78 Å². The number of Topliss-reactive ketones (excluding diaryl/α,β-unsaturated/α-hetero) is 1. The maximum absolute atomic E-state index is 12.9. The average molecular weight is 251 g/mol.